The number of methoxy groups -OCH3 is 2. The van der Waals surface area contributed by atoms with E-state index in [1.165, 1.54) is 20.3 Å². The Hall–Kier alpha value is -2.77. The Morgan fingerprint density at radius 1 is 1.08 bits per heavy atom. The van der Waals surface area contributed by atoms with Crippen LogP contribution in [0.5, 0.6) is 11.5 Å². The Morgan fingerprint density at radius 3 is 2.33 bits per heavy atom. The van der Waals surface area contributed by atoms with E-state index in [4.69, 9.17) is 9.47 Å². The maximum Gasteiger partial charge on any atom is 0.417 e. The standard InChI is InChI=1S/C16H16F3N3O2/c1-10(11-4-6-13(23-2)14(8-11)24-3)21-22-15-7-5-12(9-20-15)16(17,18)19/h4-9H,1-3H3,(H,20,22)/b21-10-. The van der Waals surface area contributed by atoms with E-state index in [9.17, 15) is 13.2 Å². The zero-order chi connectivity index (χ0) is 17.7. The highest BCUT2D eigenvalue weighted by atomic mass is 19.4. The number of nitrogens with one attached hydrogen (secondary N) is 1. The Kier molecular flexibility index (Phi) is 5.28. The minimum Gasteiger partial charge on any atom is -0.493 e. The molecule has 0 unspecified atom stereocenters. The second kappa shape index (κ2) is 7.20. The number of alkyl halides is 3. The zero-order valence-electron chi connectivity index (χ0n) is 13.3. The van der Waals surface area contributed by atoms with Gasteiger partial charge in [-0.3, -0.25) is 5.43 Å². The highest BCUT2D eigenvalue weighted by molar-refractivity contribution is 5.99. The number of hydrogen-bond donors (Lipinski definition) is 1. The number of aromatic nitrogens is 1. The van der Waals surface area contributed by atoms with Crippen molar-refractivity contribution >= 4 is 11.5 Å². The van der Waals surface area contributed by atoms with Crippen LogP contribution in [0.25, 0.3) is 0 Å². The maximum atomic E-state index is 12.5. The molecule has 128 valence electrons. The molecule has 0 amide bonds. The second-order valence-electron chi connectivity index (χ2n) is 4.81. The van der Waals surface area contributed by atoms with Crippen molar-refractivity contribution in [1.82, 2.24) is 4.98 Å². The molecule has 1 heterocycles. The highest BCUT2D eigenvalue weighted by Gasteiger charge is 2.30. The van der Waals surface area contributed by atoms with E-state index >= 15 is 0 Å². The first-order chi connectivity index (χ1) is 11.3. The molecule has 0 saturated heterocycles. The van der Waals surface area contributed by atoms with Crippen LogP contribution < -0.4 is 14.9 Å². The molecule has 0 saturated carbocycles. The summed E-state index contributed by atoms with van der Waals surface area (Å²) in [5.41, 5.74) is 3.19. The van der Waals surface area contributed by atoms with Gasteiger partial charge in [-0.25, -0.2) is 4.98 Å². The maximum absolute atomic E-state index is 12.5. The molecule has 0 aliphatic carbocycles. The fraction of sp³-hybridized carbons (Fsp3) is 0.250. The second-order valence-corrected chi connectivity index (χ2v) is 4.81. The number of anilines is 1. The van der Waals surface area contributed by atoms with Crippen molar-refractivity contribution in [2.45, 2.75) is 13.1 Å². The summed E-state index contributed by atoms with van der Waals surface area (Å²) in [4.78, 5) is 3.69. The van der Waals surface area contributed by atoms with E-state index < -0.39 is 11.7 Å². The summed E-state index contributed by atoms with van der Waals surface area (Å²) < 4.78 is 47.8. The Morgan fingerprint density at radius 2 is 1.79 bits per heavy atom. The number of halogens is 3. The first kappa shape index (κ1) is 17.6. The fourth-order valence-corrected chi connectivity index (χ4v) is 1.89. The first-order valence-corrected chi connectivity index (χ1v) is 6.91. The van der Waals surface area contributed by atoms with E-state index in [1.807, 2.05) is 0 Å². The summed E-state index contributed by atoms with van der Waals surface area (Å²) in [6.07, 6.45) is -3.66. The number of pyridine rings is 1. The molecule has 0 spiro atoms. The third kappa shape index (κ3) is 4.15. The largest absolute Gasteiger partial charge is 0.493 e. The van der Waals surface area contributed by atoms with Gasteiger partial charge in [0.05, 0.1) is 25.5 Å². The van der Waals surface area contributed by atoms with E-state index in [0.717, 1.165) is 17.8 Å². The zero-order valence-corrected chi connectivity index (χ0v) is 13.3. The van der Waals surface area contributed by atoms with Gasteiger partial charge in [-0.2, -0.15) is 18.3 Å². The van der Waals surface area contributed by atoms with Crippen molar-refractivity contribution < 1.29 is 22.6 Å². The van der Waals surface area contributed by atoms with Gasteiger partial charge in [-0.15, -0.1) is 0 Å². The van der Waals surface area contributed by atoms with E-state index in [1.54, 1.807) is 25.1 Å². The van der Waals surface area contributed by atoms with Gasteiger partial charge >= 0.3 is 6.18 Å². The lowest BCUT2D eigenvalue weighted by atomic mass is 10.1. The van der Waals surface area contributed by atoms with Crippen molar-refractivity contribution in [3.05, 3.63) is 47.7 Å². The predicted molar refractivity (Wildman–Crippen MR) is 84.6 cm³/mol. The quantitative estimate of drug-likeness (QED) is 0.662. The predicted octanol–water partition coefficient (Wildman–Crippen LogP) is 3.95. The molecule has 0 radical (unpaired) electrons. The molecule has 24 heavy (non-hydrogen) atoms. The summed E-state index contributed by atoms with van der Waals surface area (Å²) >= 11 is 0. The van der Waals surface area contributed by atoms with Crippen LogP contribution in [-0.4, -0.2) is 24.9 Å². The number of hydrazone groups is 1. The van der Waals surface area contributed by atoms with Gasteiger partial charge in [0.2, 0.25) is 0 Å². The molecule has 1 aromatic carbocycles. The Balaban J connectivity index is 2.14. The molecule has 0 bridgehead atoms. The van der Waals surface area contributed by atoms with Crippen LogP contribution in [0.1, 0.15) is 18.1 Å². The van der Waals surface area contributed by atoms with Crippen LogP contribution in [0.15, 0.2) is 41.6 Å². The number of hydrogen-bond acceptors (Lipinski definition) is 5. The Labute approximate surface area is 137 Å². The lowest BCUT2D eigenvalue weighted by Crippen LogP contribution is -2.06. The fourth-order valence-electron chi connectivity index (χ4n) is 1.89. The van der Waals surface area contributed by atoms with Crippen LogP contribution in [0, 0.1) is 0 Å². The van der Waals surface area contributed by atoms with Crippen molar-refractivity contribution in [1.29, 1.82) is 0 Å². The summed E-state index contributed by atoms with van der Waals surface area (Å²) in [7, 11) is 3.06. The molecular formula is C16H16F3N3O2. The van der Waals surface area contributed by atoms with E-state index in [-0.39, 0.29) is 5.82 Å². The lowest BCUT2D eigenvalue weighted by molar-refractivity contribution is -0.137. The summed E-state index contributed by atoms with van der Waals surface area (Å²) in [5.74, 6) is 1.35. The molecule has 1 aromatic heterocycles. The SMILES string of the molecule is COc1ccc(/C(C)=N\Nc2ccc(C(F)(F)F)cn2)cc1OC. The molecule has 5 nitrogen and oxygen atoms in total. The molecule has 1 N–H and O–H groups in total. The molecule has 0 fully saturated rings. The lowest BCUT2D eigenvalue weighted by Gasteiger charge is -2.10. The highest BCUT2D eigenvalue weighted by Crippen LogP contribution is 2.29. The van der Waals surface area contributed by atoms with Crippen molar-refractivity contribution in [2.24, 2.45) is 5.10 Å². The minimum atomic E-state index is -4.41. The molecular weight excluding hydrogens is 323 g/mol. The smallest absolute Gasteiger partial charge is 0.417 e. The average molecular weight is 339 g/mol. The molecule has 0 aliphatic heterocycles. The number of ether oxygens (including phenoxy) is 2. The molecule has 0 atom stereocenters. The van der Waals surface area contributed by atoms with Crippen LogP contribution in [-0.2, 0) is 6.18 Å². The van der Waals surface area contributed by atoms with Crippen molar-refractivity contribution in [3.8, 4) is 11.5 Å². The summed E-state index contributed by atoms with van der Waals surface area (Å²) in [6.45, 7) is 1.75. The monoisotopic (exact) mass is 339 g/mol. The molecule has 0 aliphatic rings. The molecule has 2 rings (SSSR count). The molecule has 2 aromatic rings. The minimum absolute atomic E-state index is 0.211. The van der Waals surface area contributed by atoms with Crippen molar-refractivity contribution in [2.75, 3.05) is 19.6 Å². The Bertz CT molecular complexity index is 728. The summed E-state index contributed by atoms with van der Waals surface area (Å²) in [6, 6.07) is 7.44. The van der Waals surface area contributed by atoms with Gasteiger partial charge < -0.3 is 9.47 Å². The number of benzene rings is 1. The van der Waals surface area contributed by atoms with E-state index in [0.29, 0.717) is 17.2 Å². The number of nitrogens with zero attached hydrogens (tertiary/aromatic N) is 2. The molecule has 8 heteroatoms. The van der Waals surface area contributed by atoms with E-state index in [2.05, 4.69) is 15.5 Å². The van der Waals surface area contributed by atoms with Crippen LogP contribution in [0.3, 0.4) is 0 Å². The van der Waals surface area contributed by atoms with Gasteiger partial charge in [0.25, 0.3) is 0 Å². The van der Waals surface area contributed by atoms with Crippen LogP contribution >= 0.6 is 0 Å². The van der Waals surface area contributed by atoms with Gasteiger partial charge in [-0.05, 0) is 37.3 Å². The van der Waals surface area contributed by atoms with Gasteiger partial charge in [0.15, 0.2) is 11.5 Å². The van der Waals surface area contributed by atoms with Gasteiger partial charge in [0, 0.05) is 11.8 Å². The van der Waals surface area contributed by atoms with Crippen LogP contribution in [0.2, 0.25) is 0 Å². The average Bonchev–Trinajstić information content (AvgIpc) is 2.58. The summed E-state index contributed by atoms with van der Waals surface area (Å²) in [5, 5.41) is 4.11. The third-order valence-corrected chi connectivity index (χ3v) is 3.23. The third-order valence-electron chi connectivity index (χ3n) is 3.23. The van der Waals surface area contributed by atoms with Crippen molar-refractivity contribution in [3.63, 3.8) is 0 Å². The van der Waals surface area contributed by atoms with Gasteiger partial charge in [-0.1, -0.05) is 0 Å². The normalized spacial score (nSPS) is 12.0. The van der Waals surface area contributed by atoms with Gasteiger partial charge in [0.1, 0.15) is 5.82 Å². The van der Waals surface area contributed by atoms with Crippen LogP contribution in [0.4, 0.5) is 19.0 Å². The number of rotatable bonds is 5. The first-order valence-electron chi connectivity index (χ1n) is 6.91. The topological polar surface area (TPSA) is 55.7 Å².